The minimum atomic E-state index is -3.92. The Kier molecular flexibility index (Phi) is 5.21. The number of amides is 1. The Bertz CT molecular complexity index is 778. The van der Waals surface area contributed by atoms with Crippen molar-refractivity contribution in [1.82, 2.24) is 0 Å². The third-order valence-electron chi connectivity index (χ3n) is 3.52. The predicted octanol–water partition coefficient (Wildman–Crippen LogP) is 3.83. The number of aryl methyl sites for hydroxylation is 2. The van der Waals surface area contributed by atoms with Crippen molar-refractivity contribution < 1.29 is 13.2 Å². The average molecular weight is 331 g/mol. The van der Waals surface area contributed by atoms with Gasteiger partial charge in [-0.3, -0.25) is 4.79 Å². The van der Waals surface area contributed by atoms with E-state index >= 15 is 0 Å². The fourth-order valence-electron chi connectivity index (χ4n) is 2.23. The zero-order chi connectivity index (χ0) is 17.0. The summed E-state index contributed by atoms with van der Waals surface area (Å²) in [7, 11) is -3.92. The Balaban J connectivity index is 2.54. The van der Waals surface area contributed by atoms with Gasteiger partial charge in [-0.15, -0.1) is 0 Å². The Morgan fingerprint density at radius 1 is 0.913 bits per heavy atom. The van der Waals surface area contributed by atoms with Crippen LogP contribution in [0.1, 0.15) is 30.9 Å². The fourth-order valence-corrected chi connectivity index (χ4v) is 3.68. The maximum absolute atomic E-state index is 13.0. The second-order valence-electron chi connectivity index (χ2n) is 5.56. The molecule has 0 radical (unpaired) electrons. The molecule has 0 heterocycles. The molecule has 0 aromatic heterocycles. The van der Waals surface area contributed by atoms with Gasteiger partial charge in [0.15, 0.2) is 0 Å². The highest BCUT2D eigenvalue weighted by Crippen LogP contribution is 2.25. The highest BCUT2D eigenvalue weighted by Gasteiger charge is 2.30. The van der Waals surface area contributed by atoms with Crippen LogP contribution in [0.4, 0.5) is 5.69 Å². The number of nitrogens with zero attached hydrogens (tertiary/aromatic N) is 1. The molecule has 2 aromatic carbocycles. The van der Waals surface area contributed by atoms with Crippen LogP contribution >= 0.6 is 0 Å². The Morgan fingerprint density at radius 2 is 1.39 bits per heavy atom. The van der Waals surface area contributed by atoms with E-state index in [0.717, 1.165) is 15.4 Å². The molecule has 1 amide bonds. The van der Waals surface area contributed by atoms with Gasteiger partial charge in [0.1, 0.15) is 0 Å². The first-order valence-corrected chi connectivity index (χ1v) is 9.01. The third-order valence-corrected chi connectivity index (χ3v) is 5.28. The lowest BCUT2D eigenvalue weighted by molar-refractivity contribution is -0.117. The number of anilines is 1. The summed E-state index contributed by atoms with van der Waals surface area (Å²) in [6.45, 7) is 5.65. The van der Waals surface area contributed by atoms with Crippen LogP contribution in [-0.4, -0.2) is 14.3 Å². The molecule has 0 aliphatic heterocycles. The summed E-state index contributed by atoms with van der Waals surface area (Å²) in [6, 6.07) is 13.4. The monoisotopic (exact) mass is 331 g/mol. The molecule has 0 aliphatic rings. The van der Waals surface area contributed by atoms with E-state index in [1.54, 1.807) is 36.4 Å². The molecular formula is C18H21NO3S. The van der Waals surface area contributed by atoms with E-state index in [-0.39, 0.29) is 11.3 Å². The van der Waals surface area contributed by atoms with Gasteiger partial charge in [-0.2, -0.15) is 0 Å². The lowest BCUT2D eigenvalue weighted by atomic mass is 10.2. The van der Waals surface area contributed by atoms with Crippen molar-refractivity contribution in [2.24, 2.45) is 0 Å². The second kappa shape index (κ2) is 6.96. The third kappa shape index (κ3) is 3.79. The van der Waals surface area contributed by atoms with Crippen molar-refractivity contribution in [2.75, 3.05) is 4.31 Å². The van der Waals surface area contributed by atoms with E-state index in [0.29, 0.717) is 12.1 Å². The zero-order valence-corrected chi connectivity index (χ0v) is 14.4. The van der Waals surface area contributed by atoms with E-state index < -0.39 is 15.9 Å². The highest BCUT2D eigenvalue weighted by molar-refractivity contribution is 7.93. The SMILES string of the molecule is CCCC(=O)N(c1ccc(C)cc1)S(=O)(=O)c1ccc(C)cc1. The van der Waals surface area contributed by atoms with Crippen LogP contribution in [0.2, 0.25) is 0 Å². The molecule has 2 rings (SSSR count). The van der Waals surface area contributed by atoms with Crippen molar-refractivity contribution in [3.63, 3.8) is 0 Å². The largest absolute Gasteiger partial charge is 0.273 e. The molecule has 0 fully saturated rings. The van der Waals surface area contributed by atoms with Crippen LogP contribution in [0.25, 0.3) is 0 Å². The van der Waals surface area contributed by atoms with Crippen molar-refractivity contribution >= 4 is 21.6 Å². The van der Waals surface area contributed by atoms with E-state index in [2.05, 4.69) is 0 Å². The summed E-state index contributed by atoms with van der Waals surface area (Å²) in [4.78, 5) is 12.6. The van der Waals surface area contributed by atoms with Gasteiger partial charge >= 0.3 is 0 Å². The first-order chi connectivity index (χ1) is 10.9. The normalized spacial score (nSPS) is 11.3. The molecule has 0 atom stereocenters. The van der Waals surface area contributed by atoms with Crippen molar-refractivity contribution in [1.29, 1.82) is 0 Å². The summed E-state index contributed by atoms with van der Waals surface area (Å²) in [5.74, 6) is -0.420. The van der Waals surface area contributed by atoms with Gasteiger partial charge in [0, 0.05) is 6.42 Å². The molecule has 0 saturated heterocycles. The topological polar surface area (TPSA) is 54.5 Å². The van der Waals surface area contributed by atoms with Gasteiger partial charge in [0.05, 0.1) is 10.6 Å². The molecule has 5 heteroatoms. The van der Waals surface area contributed by atoms with Crippen LogP contribution in [0.5, 0.6) is 0 Å². The summed E-state index contributed by atoms with van der Waals surface area (Å²) in [5.41, 5.74) is 2.34. The molecule has 0 saturated carbocycles. The number of hydrogen-bond donors (Lipinski definition) is 0. The molecule has 0 bridgehead atoms. The molecule has 0 aliphatic carbocycles. The predicted molar refractivity (Wildman–Crippen MR) is 91.9 cm³/mol. The minimum Gasteiger partial charge on any atom is -0.273 e. The van der Waals surface area contributed by atoms with Gasteiger partial charge in [-0.05, 0) is 44.5 Å². The van der Waals surface area contributed by atoms with Crippen LogP contribution in [-0.2, 0) is 14.8 Å². The number of rotatable bonds is 5. The molecule has 0 N–H and O–H groups in total. The number of hydrogen-bond acceptors (Lipinski definition) is 3. The average Bonchev–Trinajstić information content (AvgIpc) is 2.50. The molecule has 23 heavy (non-hydrogen) atoms. The van der Waals surface area contributed by atoms with Gasteiger partial charge in [0.25, 0.3) is 10.0 Å². The van der Waals surface area contributed by atoms with Crippen LogP contribution in [0, 0.1) is 13.8 Å². The standard InChI is InChI=1S/C18H21NO3S/c1-4-5-18(20)19(16-10-6-14(2)7-11-16)23(21,22)17-12-8-15(3)9-13-17/h6-13H,4-5H2,1-3H3. The van der Waals surface area contributed by atoms with Gasteiger partial charge < -0.3 is 0 Å². The fraction of sp³-hybridized carbons (Fsp3) is 0.278. The first kappa shape index (κ1) is 17.2. The van der Waals surface area contributed by atoms with E-state index in [1.807, 2.05) is 20.8 Å². The summed E-state index contributed by atoms with van der Waals surface area (Å²) < 4.78 is 26.8. The van der Waals surface area contributed by atoms with E-state index in [4.69, 9.17) is 0 Å². The summed E-state index contributed by atoms with van der Waals surface area (Å²) >= 11 is 0. The minimum absolute atomic E-state index is 0.119. The van der Waals surface area contributed by atoms with Crippen molar-refractivity contribution in [3.8, 4) is 0 Å². The molecule has 4 nitrogen and oxygen atoms in total. The van der Waals surface area contributed by atoms with E-state index in [9.17, 15) is 13.2 Å². The maximum Gasteiger partial charge on any atom is 0.270 e. The zero-order valence-electron chi connectivity index (χ0n) is 13.6. The lowest BCUT2D eigenvalue weighted by Gasteiger charge is -2.22. The lowest BCUT2D eigenvalue weighted by Crippen LogP contribution is -2.36. The van der Waals surface area contributed by atoms with Gasteiger partial charge in [-0.1, -0.05) is 42.3 Å². The summed E-state index contributed by atoms with van der Waals surface area (Å²) in [6.07, 6.45) is 0.767. The van der Waals surface area contributed by atoms with Crippen LogP contribution in [0.3, 0.4) is 0 Å². The van der Waals surface area contributed by atoms with Crippen molar-refractivity contribution in [2.45, 2.75) is 38.5 Å². The Hall–Kier alpha value is -2.14. The van der Waals surface area contributed by atoms with Crippen LogP contribution in [0.15, 0.2) is 53.4 Å². The second-order valence-corrected chi connectivity index (χ2v) is 7.35. The van der Waals surface area contributed by atoms with Gasteiger partial charge in [-0.25, -0.2) is 12.7 Å². The number of benzene rings is 2. The van der Waals surface area contributed by atoms with Gasteiger partial charge in [0.2, 0.25) is 5.91 Å². The Morgan fingerprint density at radius 3 is 1.87 bits per heavy atom. The first-order valence-electron chi connectivity index (χ1n) is 7.57. The molecule has 0 unspecified atom stereocenters. The number of sulfonamides is 1. The van der Waals surface area contributed by atoms with Crippen molar-refractivity contribution in [3.05, 3.63) is 59.7 Å². The maximum atomic E-state index is 13.0. The number of carbonyl (C=O) groups excluding carboxylic acids is 1. The highest BCUT2D eigenvalue weighted by atomic mass is 32.2. The van der Waals surface area contributed by atoms with Crippen LogP contribution < -0.4 is 4.31 Å². The molecular weight excluding hydrogens is 310 g/mol. The number of carbonyl (C=O) groups is 1. The molecule has 2 aromatic rings. The molecule has 122 valence electrons. The summed E-state index contributed by atoms with van der Waals surface area (Å²) in [5, 5.41) is 0. The smallest absolute Gasteiger partial charge is 0.270 e. The quantitative estimate of drug-likeness (QED) is 0.837. The van der Waals surface area contributed by atoms with E-state index in [1.165, 1.54) is 12.1 Å². The Labute approximate surface area is 137 Å². The molecule has 0 spiro atoms.